The molecule has 0 unspecified atom stereocenters. The second kappa shape index (κ2) is 4.02. The molecule has 15 heavy (non-hydrogen) atoms. The Kier molecular flexibility index (Phi) is 2.73. The molecule has 1 aromatic heterocycles. The molecule has 2 rings (SSSR count). The van der Waals surface area contributed by atoms with Crippen LogP contribution in [0.2, 0.25) is 0 Å². The van der Waals surface area contributed by atoms with Crippen molar-refractivity contribution >= 4 is 5.97 Å². The summed E-state index contributed by atoms with van der Waals surface area (Å²) < 4.78 is 1.83. The van der Waals surface area contributed by atoms with Crippen molar-refractivity contribution in [2.75, 3.05) is 13.1 Å². The fraction of sp³-hybridized carbons (Fsp3) is 0.600. The Morgan fingerprint density at radius 3 is 2.80 bits per heavy atom. The van der Waals surface area contributed by atoms with Crippen LogP contribution in [0.25, 0.3) is 0 Å². The van der Waals surface area contributed by atoms with Crippen LogP contribution in [0.3, 0.4) is 0 Å². The third-order valence-electron chi connectivity index (χ3n) is 2.84. The van der Waals surface area contributed by atoms with Crippen LogP contribution >= 0.6 is 0 Å². The predicted octanol–water partition coefficient (Wildman–Crippen LogP) is 0.585. The van der Waals surface area contributed by atoms with Gasteiger partial charge in [-0.15, -0.1) is 0 Å². The Morgan fingerprint density at radius 2 is 2.27 bits per heavy atom. The second-order valence-electron chi connectivity index (χ2n) is 3.92. The van der Waals surface area contributed by atoms with Gasteiger partial charge in [-0.25, -0.2) is 9.78 Å². The zero-order valence-corrected chi connectivity index (χ0v) is 8.73. The third kappa shape index (κ3) is 2.02. The molecule has 5 heteroatoms. The molecule has 1 saturated heterocycles. The van der Waals surface area contributed by atoms with Crippen LogP contribution in [0.5, 0.6) is 0 Å². The maximum absolute atomic E-state index is 10.8. The predicted molar refractivity (Wildman–Crippen MR) is 55.0 cm³/mol. The summed E-state index contributed by atoms with van der Waals surface area (Å²) in [6.07, 6.45) is 3.65. The first-order valence-electron chi connectivity index (χ1n) is 5.15. The molecule has 1 aliphatic heterocycles. The van der Waals surface area contributed by atoms with E-state index in [2.05, 4.69) is 10.3 Å². The summed E-state index contributed by atoms with van der Waals surface area (Å²) in [7, 11) is 1.86. The van der Waals surface area contributed by atoms with Gasteiger partial charge in [0.15, 0.2) is 5.69 Å². The first-order chi connectivity index (χ1) is 7.18. The minimum atomic E-state index is -0.953. The number of imidazole rings is 1. The van der Waals surface area contributed by atoms with Gasteiger partial charge < -0.3 is 15.0 Å². The van der Waals surface area contributed by atoms with E-state index in [1.165, 1.54) is 0 Å². The highest BCUT2D eigenvalue weighted by Gasteiger charge is 2.21. The van der Waals surface area contributed by atoms with Crippen LogP contribution in [0, 0.1) is 0 Å². The fourth-order valence-electron chi connectivity index (χ4n) is 2.04. The number of carboxylic acid groups (broad SMARTS) is 1. The van der Waals surface area contributed by atoms with E-state index in [0.717, 1.165) is 31.8 Å². The monoisotopic (exact) mass is 209 g/mol. The van der Waals surface area contributed by atoms with E-state index in [-0.39, 0.29) is 5.69 Å². The molecular formula is C10H15N3O2. The molecule has 0 aromatic carbocycles. The number of aromatic carboxylic acids is 1. The summed E-state index contributed by atoms with van der Waals surface area (Å²) in [4.78, 5) is 14.9. The van der Waals surface area contributed by atoms with Gasteiger partial charge in [0.05, 0.1) is 0 Å². The first kappa shape index (κ1) is 10.2. The molecule has 5 nitrogen and oxygen atoms in total. The molecular weight excluding hydrogens is 194 g/mol. The van der Waals surface area contributed by atoms with Crippen molar-refractivity contribution in [2.24, 2.45) is 7.05 Å². The van der Waals surface area contributed by atoms with E-state index in [0.29, 0.717) is 5.92 Å². The van der Waals surface area contributed by atoms with Crippen LogP contribution in [0.4, 0.5) is 0 Å². The number of carbonyl (C=O) groups is 1. The van der Waals surface area contributed by atoms with Gasteiger partial charge in [0.2, 0.25) is 0 Å². The van der Waals surface area contributed by atoms with Crippen LogP contribution in [-0.2, 0) is 7.05 Å². The molecule has 0 radical (unpaired) electrons. The van der Waals surface area contributed by atoms with Gasteiger partial charge in [0.25, 0.3) is 0 Å². The number of piperidine rings is 1. The minimum Gasteiger partial charge on any atom is -0.476 e. The summed E-state index contributed by atoms with van der Waals surface area (Å²) in [6, 6.07) is 0. The van der Waals surface area contributed by atoms with E-state index in [4.69, 9.17) is 5.11 Å². The quantitative estimate of drug-likeness (QED) is 0.748. The van der Waals surface area contributed by atoms with Crippen molar-refractivity contribution in [2.45, 2.75) is 18.8 Å². The van der Waals surface area contributed by atoms with Crippen molar-refractivity contribution in [3.8, 4) is 0 Å². The molecule has 0 atom stereocenters. The maximum atomic E-state index is 10.8. The smallest absolute Gasteiger partial charge is 0.356 e. The third-order valence-corrected chi connectivity index (χ3v) is 2.84. The van der Waals surface area contributed by atoms with Crippen molar-refractivity contribution in [3.05, 3.63) is 17.7 Å². The number of aryl methyl sites for hydroxylation is 1. The van der Waals surface area contributed by atoms with Crippen molar-refractivity contribution in [1.82, 2.24) is 14.9 Å². The Morgan fingerprint density at radius 1 is 1.60 bits per heavy atom. The topological polar surface area (TPSA) is 67.2 Å². The molecule has 2 N–H and O–H groups in total. The molecule has 0 bridgehead atoms. The Hall–Kier alpha value is -1.36. The summed E-state index contributed by atoms with van der Waals surface area (Å²) in [5, 5.41) is 12.1. The van der Waals surface area contributed by atoms with Crippen molar-refractivity contribution in [3.63, 3.8) is 0 Å². The van der Waals surface area contributed by atoms with Crippen molar-refractivity contribution in [1.29, 1.82) is 0 Å². The molecule has 1 aliphatic rings. The lowest BCUT2D eigenvalue weighted by Crippen LogP contribution is -2.27. The van der Waals surface area contributed by atoms with Gasteiger partial charge in [-0.3, -0.25) is 0 Å². The standard InChI is InChI=1S/C10H15N3O2/c1-13-6-8(10(14)15)12-9(13)7-2-4-11-5-3-7/h6-7,11H,2-5H2,1H3,(H,14,15). The zero-order chi connectivity index (χ0) is 10.8. The number of hydrogen-bond acceptors (Lipinski definition) is 3. The molecule has 2 heterocycles. The second-order valence-corrected chi connectivity index (χ2v) is 3.92. The lowest BCUT2D eigenvalue weighted by atomic mass is 9.97. The highest BCUT2D eigenvalue weighted by atomic mass is 16.4. The van der Waals surface area contributed by atoms with E-state index in [1.807, 2.05) is 11.6 Å². The average molecular weight is 209 g/mol. The van der Waals surface area contributed by atoms with Crippen molar-refractivity contribution < 1.29 is 9.90 Å². The highest BCUT2D eigenvalue weighted by molar-refractivity contribution is 5.85. The van der Waals surface area contributed by atoms with Gasteiger partial charge in [0, 0.05) is 19.2 Å². The highest BCUT2D eigenvalue weighted by Crippen LogP contribution is 2.23. The van der Waals surface area contributed by atoms with E-state index >= 15 is 0 Å². The van der Waals surface area contributed by atoms with Gasteiger partial charge in [0.1, 0.15) is 5.82 Å². The normalized spacial score (nSPS) is 17.9. The number of nitrogens with zero attached hydrogens (tertiary/aromatic N) is 2. The molecule has 82 valence electrons. The summed E-state index contributed by atoms with van der Waals surface area (Å²) >= 11 is 0. The van der Waals surface area contributed by atoms with Gasteiger partial charge >= 0.3 is 5.97 Å². The average Bonchev–Trinajstić information content (AvgIpc) is 2.62. The molecule has 1 aromatic rings. The maximum Gasteiger partial charge on any atom is 0.356 e. The number of rotatable bonds is 2. The van der Waals surface area contributed by atoms with Gasteiger partial charge in [-0.2, -0.15) is 0 Å². The molecule has 0 spiro atoms. The number of aromatic nitrogens is 2. The van der Waals surface area contributed by atoms with Crippen LogP contribution in [-0.4, -0.2) is 33.7 Å². The lowest BCUT2D eigenvalue weighted by Gasteiger charge is -2.21. The Balaban J connectivity index is 2.22. The lowest BCUT2D eigenvalue weighted by molar-refractivity contribution is 0.0690. The zero-order valence-electron chi connectivity index (χ0n) is 8.73. The van der Waals surface area contributed by atoms with Crippen LogP contribution < -0.4 is 5.32 Å². The van der Waals surface area contributed by atoms with E-state index in [9.17, 15) is 4.79 Å². The first-order valence-corrected chi connectivity index (χ1v) is 5.15. The Labute approximate surface area is 88.1 Å². The number of hydrogen-bond donors (Lipinski definition) is 2. The molecule has 0 aliphatic carbocycles. The fourth-order valence-corrected chi connectivity index (χ4v) is 2.04. The van der Waals surface area contributed by atoms with E-state index < -0.39 is 5.97 Å². The molecule has 1 fully saturated rings. The van der Waals surface area contributed by atoms with Crippen LogP contribution in [0.15, 0.2) is 6.20 Å². The minimum absolute atomic E-state index is 0.144. The number of carboxylic acids is 1. The summed E-state index contributed by atoms with van der Waals surface area (Å²) in [6.45, 7) is 1.97. The SMILES string of the molecule is Cn1cc(C(=O)O)nc1C1CCNCC1. The van der Waals surface area contributed by atoms with Gasteiger partial charge in [-0.05, 0) is 25.9 Å². The molecule has 0 saturated carbocycles. The molecule has 0 amide bonds. The summed E-state index contributed by atoms with van der Waals surface area (Å²) in [5.74, 6) is 0.337. The van der Waals surface area contributed by atoms with Crippen LogP contribution in [0.1, 0.15) is 35.1 Å². The van der Waals surface area contributed by atoms with E-state index in [1.54, 1.807) is 6.20 Å². The Bertz CT molecular complexity index is 367. The largest absolute Gasteiger partial charge is 0.476 e. The number of nitrogens with one attached hydrogen (secondary N) is 1. The summed E-state index contributed by atoms with van der Waals surface area (Å²) in [5.41, 5.74) is 0.144. The van der Waals surface area contributed by atoms with Gasteiger partial charge in [-0.1, -0.05) is 0 Å².